The fourth-order valence-electron chi connectivity index (χ4n) is 7.76. The second-order valence-electron chi connectivity index (χ2n) is 15.7. The van der Waals surface area contributed by atoms with Crippen molar-refractivity contribution >= 4 is 0 Å². The molecule has 8 rings (SSSR count). The molecule has 2 atom stereocenters. The molecule has 3 nitrogen and oxygen atoms in total. The first kappa shape index (κ1) is 47.2. The van der Waals surface area contributed by atoms with Crippen LogP contribution in [0.4, 0.5) is 57.1 Å². The summed E-state index contributed by atoms with van der Waals surface area (Å²) < 4.78 is 198. The number of rotatable bonds is 10. The van der Waals surface area contributed by atoms with E-state index in [9.17, 15) is 57.1 Å². The third kappa shape index (κ3) is 10.3. The van der Waals surface area contributed by atoms with Crippen molar-refractivity contribution in [3.8, 4) is 22.6 Å². The van der Waals surface area contributed by atoms with Gasteiger partial charge in [-0.1, -0.05) is 45.2 Å². The second-order valence-corrected chi connectivity index (χ2v) is 15.7. The average Bonchev–Trinajstić information content (AvgIpc) is 3.13. The van der Waals surface area contributed by atoms with Crippen LogP contribution in [0.25, 0.3) is 11.1 Å². The van der Waals surface area contributed by atoms with Crippen LogP contribution in [0.1, 0.15) is 98.6 Å². The van der Waals surface area contributed by atoms with Gasteiger partial charge in [-0.25, -0.2) is 39.5 Å². The molecular formula is C47H41F13O3. The highest BCUT2D eigenvalue weighted by Crippen LogP contribution is 2.44. The molecule has 5 aromatic carbocycles. The molecule has 0 aromatic heterocycles. The maximum atomic E-state index is 14.6. The van der Waals surface area contributed by atoms with Gasteiger partial charge in [0.15, 0.2) is 11.6 Å². The van der Waals surface area contributed by atoms with E-state index in [0.29, 0.717) is 67.3 Å². The summed E-state index contributed by atoms with van der Waals surface area (Å²) in [6.45, 7) is 1.59. The van der Waals surface area contributed by atoms with Gasteiger partial charge in [-0.15, -0.1) is 0 Å². The first-order valence-corrected chi connectivity index (χ1v) is 19.8. The van der Waals surface area contributed by atoms with Gasteiger partial charge < -0.3 is 14.2 Å². The molecule has 1 aliphatic heterocycles. The van der Waals surface area contributed by atoms with E-state index >= 15 is 0 Å². The molecular weight excluding hydrogens is 859 g/mol. The molecule has 0 radical (unpaired) electrons. The van der Waals surface area contributed by atoms with Gasteiger partial charge in [0.1, 0.15) is 63.3 Å². The Morgan fingerprint density at radius 1 is 0.492 bits per heavy atom. The minimum Gasteiger partial charge on any atom is -0.429 e. The lowest BCUT2D eigenvalue weighted by Crippen LogP contribution is -2.31. The Bertz CT molecular complexity index is 2370. The summed E-state index contributed by atoms with van der Waals surface area (Å²) in [7, 11) is 0. The molecule has 0 N–H and O–H groups in total. The average molecular weight is 901 g/mol. The van der Waals surface area contributed by atoms with Gasteiger partial charge >= 0.3 is 12.2 Å². The van der Waals surface area contributed by atoms with Gasteiger partial charge in [0.05, 0.1) is 12.7 Å². The van der Waals surface area contributed by atoms with Crippen molar-refractivity contribution in [2.45, 2.75) is 90.0 Å². The van der Waals surface area contributed by atoms with Crippen molar-refractivity contribution < 1.29 is 71.3 Å². The first-order valence-electron chi connectivity index (χ1n) is 19.8. The van der Waals surface area contributed by atoms with E-state index in [0.717, 1.165) is 50.3 Å². The van der Waals surface area contributed by atoms with Crippen molar-refractivity contribution in [1.82, 2.24) is 0 Å². The maximum absolute atomic E-state index is 14.6. The lowest BCUT2D eigenvalue weighted by Gasteiger charge is -2.38. The topological polar surface area (TPSA) is 27.7 Å². The molecule has 5 aromatic rings. The van der Waals surface area contributed by atoms with Gasteiger partial charge in [0.2, 0.25) is 0 Å². The zero-order chi connectivity index (χ0) is 44.7. The zero-order valence-corrected chi connectivity index (χ0v) is 32.7. The molecule has 0 spiro atoms. The minimum atomic E-state index is -4.54. The van der Waals surface area contributed by atoms with Gasteiger partial charge in [0, 0.05) is 29.3 Å². The van der Waals surface area contributed by atoms with Crippen LogP contribution in [0.15, 0.2) is 72.8 Å². The zero-order valence-electron chi connectivity index (χ0n) is 32.7. The number of hydrogen-bond acceptors (Lipinski definition) is 3. The monoisotopic (exact) mass is 900 g/mol. The van der Waals surface area contributed by atoms with Crippen molar-refractivity contribution in [3.05, 3.63) is 153 Å². The molecule has 0 amide bonds. The predicted molar refractivity (Wildman–Crippen MR) is 207 cm³/mol. The third-order valence-electron chi connectivity index (χ3n) is 11.7. The van der Waals surface area contributed by atoms with Crippen LogP contribution in [0.2, 0.25) is 0 Å². The summed E-state index contributed by atoms with van der Waals surface area (Å²) in [4.78, 5) is 0. The lowest BCUT2D eigenvalue weighted by molar-refractivity contribution is -0.190. The van der Waals surface area contributed by atoms with E-state index < -0.39 is 93.3 Å². The first-order chi connectivity index (χ1) is 29.3. The smallest absolute Gasteiger partial charge is 0.429 e. The fourth-order valence-corrected chi connectivity index (χ4v) is 7.76. The van der Waals surface area contributed by atoms with Crippen LogP contribution in [-0.4, -0.2) is 6.61 Å². The number of ether oxygens (including phenoxy) is 3. The number of alkyl halides is 4. The van der Waals surface area contributed by atoms with Crippen LogP contribution >= 0.6 is 0 Å². The number of benzene rings is 5. The molecule has 63 heavy (non-hydrogen) atoms. The molecule has 338 valence electrons. The molecule has 16 heteroatoms. The Morgan fingerprint density at radius 2 is 1.02 bits per heavy atom. The summed E-state index contributed by atoms with van der Waals surface area (Å²) in [6, 6.07) is 9.65. The van der Waals surface area contributed by atoms with Crippen LogP contribution in [0.3, 0.4) is 0 Å². The van der Waals surface area contributed by atoms with Crippen molar-refractivity contribution in [3.63, 3.8) is 0 Å². The van der Waals surface area contributed by atoms with Gasteiger partial charge in [0.25, 0.3) is 0 Å². The quantitative estimate of drug-likeness (QED) is 0.131. The number of hydrogen-bond donors (Lipinski definition) is 0. The molecule has 3 fully saturated rings. The van der Waals surface area contributed by atoms with Crippen LogP contribution < -0.4 is 9.47 Å². The minimum absolute atomic E-state index is 0. The standard InChI is InChI=1S/C23H15F7O.C23H22F6O2.CH4/c24-17-7-5-15(11-19(17)26)31-23(29,30)22-20(27)9-14(10-21(22)28)16-6-4-13(8-18(16)25)12-2-1-3-12;1-12-17(24)9-16(10-18(12)25)31-23(28,29)22-19(26)7-15(8-20(22)27)21-6-5-14(11-30-21)13-3-2-4-13;/h4-12H,1-3H2;7-10,13-14,21H,2-6,11H2,1H3;1H4. The van der Waals surface area contributed by atoms with E-state index in [1.165, 1.54) is 31.4 Å². The Morgan fingerprint density at radius 3 is 1.49 bits per heavy atom. The van der Waals surface area contributed by atoms with Crippen LogP contribution in [0.5, 0.6) is 11.5 Å². The highest BCUT2D eigenvalue weighted by atomic mass is 19.3. The Labute approximate surface area is 354 Å². The maximum Gasteiger partial charge on any atom is 0.432 e. The summed E-state index contributed by atoms with van der Waals surface area (Å²) >= 11 is 0. The SMILES string of the molecule is C.Cc1c(F)cc(OC(F)(F)c2c(F)cc(C3CCC(C4CCC4)CO3)cc2F)cc1F.Fc1ccc(OC(F)(F)c2c(F)cc(-c3ccc(C4CCC4)cc3F)cc2F)cc1F. The van der Waals surface area contributed by atoms with E-state index in [1.54, 1.807) is 6.07 Å². The van der Waals surface area contributed by atoms with Crippen LogP contribution in [0, 0.1) is 71.1 Å². The Balaban J connectivity index is 0.000000206. The Hall–Kier alpha value is -5.25. The molecule has 2 aliphatic carbocycles. The van der Waals surface area contributed by atoms with E-state index in [1.807, 2.05) is 0 Å². The lowest BCUT2D eigenvalue weighted by atomic mass is 9.73. The van der Waals surface area contributed by atoms with Gasteiger partial charge in [-0.2, -0.15) is 17.6 Å². The fraction of sp³-hybridized carbons (Fsp3) is 0.362. The predicted octanol–water partition coefficient (Wildman–Crippen LogP) is 15.0. The summed E-state index contributed by atoms with van der Waals surface area (Å²) in [5.41, 5.74) is -3.24. The van der Waals surface area contributed by atoms with Gasteiger partial charge in [-0.05, 0) is 110 Å². The molecule has 0 bridgehead atoms. The molecule has 2 saturated carbocycles. The summed E-state index contributed by atoms with van der Waals surface area (Å²) in [5, 5.41) is 0. The second kappa shape index (κ2) is 18.8. The molecule has 1 saturated heterocycles. The van der Waals surface area contributed by atoms with E-state index in [-0.39, 0.29) is 35.6 Å². The summed E-state index contributed by atoms with van der Waals surface area (Å²) in [6.07, 6.45) is -1.74. The van der Waals surface area contributed by atoms with Gasteiger partial charge in [-0.3, -0.25) is 0 Å². The van der Waals surface area contributed by atoms with Crippen LogP contribution in [-0.2, 0) is 17.0 Å². The molecule has 3 aliphatic rings. The number of halogens is 13. The summed E-state index contributed by atoms with van der Waals surface area (Å²) in [5.74, 6) is -12.5. The van der Waals surface area contributed by atoms with Crippen molar-refractivity contribution in [2.24, 2.45) is 11.8 Å². The Kier molecular flexibility index (Phi) is 14.1. The van der Waals surface area contributed by atoms with E-state index in [4.69, 9.17) is 4.74 Å². The molecule has 2 unspecified atom stereocenters. The highest BCUT2D eigenvalue weighted by molar-refractivity contribution is 5.65. The third-order valence-corrected chi connectivity index (χ3v) is 11.7. The largest absolute Gasteiger partial charge is 0.432 e. The molecule has 1 heterocycles. The van der Waals surface area contributed by atoms with E-state index in [2.05, 4.69) is 9.47 Å². The normalized spacial score (nSPS) is 18.1. The van der Waals surface area contributed by atoms with Crippen molar-refractivity contribution in [1.29, 1.82) is 0 Å². The van der Waals surface area contributed by atoms with Crippen molar-refractivity contribution in [2.75, 3.05) is 6.61 Å². The highest BCUT2D eigenvalue weighted by Gasteiger charge is 2.43.